The Kier molecular flexibility index (Phi) is 6.11. The summed E-state index contributed by atoms with van der Waals surface area (Å²) in [6, 6.07) is 9.43. The molecule has 2 aromatic heterocycles. The zero-order chi connectivity index (χ0) is 21.3. The Bertz CT molecular complexity index is 1070. The SMILES string of the molecule is COc1ccc2c(SCC(=O)c3ccc(C4(O)CCN(C)CC4)s3)nc(C)nc2c1. The number of methoxy groups -OCH3 is 1. The molecule has 0 unspecified atom stereocenters. The number of likely N-dealkylation sites (tertiary alicyclic amines) is 1. The fourth-order valence-electron chi connectivity index (χ4n) is 3.61. The van der Waals surface area contributed by atoms with Gasteiger partial charge in [0.2, 0.25) is 0 Å². The predicted octanol–water partition coefficient (Wildman–Crippen LogP) is 3.90. The van der Waals surface area contributed by atoms with Crippen LogP contribution < -0.4 is 4.74 Å². The molecule has 0 bridgehead atoms. The Morgan fingerprint density at radius 1 is 1.27 bits per heavy atom. The number of hydrogen-bond donors (Lipinski definition) is 1. The zero-order valence-corrected chi connectivity index (χ0v) is 19.0. The van der Waals surface area contributed by atoms with Crippen LogP contribution >= 0.6 is 23.1 Å². The van der Waals surface area contributed by atoms with Crippen LogP contribution in [0.2, 0.25) is 0 Å². The molecule has 3 heterocycles. The van der Waals surface area contributed by atoms with Gasteiger partial charge in [-0.05, 0) is 51.1 Å². The number of benzene rings is 1. The van der Waals surface area contributed by atoms with Crippen LogP contribution in [-0.4, -0.2) is 58.8 Å². The Labute approximate surface area is 184 Å². The van der Waals surface area contributed by atoms with Crippen molar-refractivity contribution >= 4 is 39.8 Å². The second kappa shape index (κ2) is 8.63. The molecule has 1 N–H and O–H groups in total. The zero-order valence-electron chi connectivity index (χ0n) is 17.3. The highest BCUT2D eigenvalue weighted by molar-refractivity contribution is 8.00. The van der Waals surface area contributed by atoms with E-state index in [4.69, 9.17) is 4.74 Å². The third-order valence-electron chi connectivity index (χ3n) is 5.47. The molecular weight excluding hydrogens is 418 g/mol. The van der Waals surface area contributed by atoms with Gasteiger partial charge < -0.3 is 14.7 Å². The molecule has 1 saturated heterocycles. The Hall–Kier alpha value is -2.00. The van der Waals surface area contributed by atoms with Gasteiger partial charge in [-0.15, -0.1) is 11.3 Å². The van der Waals surface area contributed by atoms with Crippen molar-refractivity contribution < 1.29 is 14.6 Å². The maximum absolute atomic E-state index is 12.8. The molecule has 0 saturated carbocycles. The molecule has 4 rings (SSSR count). The highest BCUT2D eigenvalue weighted by Crippen LogP contribution is 2.37. The minimum absolute atomic E-state index is 0.0469. The fraction of sp³-hybridized carbons (Fsp3) is 0.409. The van der Waals surface area contributed by atoms with Crippen molar-refractivity contribution in [2.75, 3.05) is 33.0 Å². The minimum Gasteiger partial charge on any atom is -0.497 e. The van der Waals surface area contributed by atoms with Crippen molar-refractivity contribution in [1.82, 2.24) is 14.9 Å². The normalized spacial score (nSPS) is 16.7. The average Bonchev–Trinajstić information content (AvgIpc) is 3.24. The van der Waals surface area contributed by atoms with Crippen LogP contribution in [0.25, 0.3) is 10.9 Å². The Balaban J connectivity index is 1.49. The number of thioether (sulfide) groups is 1. The van der Waals surface area contributed by atoms with Crippen molar-refractivity contribution in [3.8, 4) is 5.75 Å². The second-order valence-electron chi connectivity index (χ2n) is 7.67. The van der Waals surface area contributed by atoms with E-state index in [0.29, 0.717) is 29.3 Å². The monoisotopic (exact) mass is 443 g/mol. The van der Waals surface area contributed by atoms with Gasteiger partial charge in [-0.1, -0.05) is 11.8 Å². The highest BCUT2D eigenvalue weighted by Gasteiger charge is 2.34. The van der Waals surface area contributed by atoms with Gasteiger partial charge in [0.25, 0.3) is 0 Å². The van der Waals surface area contributed by atoms with Crippen molar-refractivity contribution in [1.29, 1.82) is 0 Å². The molecule has 6 nitrogen and oxygen atoms in total. The first-order chi connectivity index (χ1) is 14.4. The van der Waals surface area contributed by atoms with E-state index in [1.165, 1.54) is 23.1 Å². The van der Waals surface area contributed by atoms with Gasteiger partial charge in [-0.2, -0.15) is 0 Å². The van der Waals surface area contributed by atoms with Gasteiger partial charge >= 0.3 is 0 Å². The molecule has 30 heavy (non-hydrogen) atoms. The Morgan fingerprint density at radius 3 is 2.77 bits per heavy atom. The van der Waals surface area contributed by atoms with E-state index in [0.717, 1.165) is 39.6 Å². The van der Waals surface area contributed by atoms with Gasteiger partial charge in [0.15, 0.2) is 5.78 Å². The number of piperidine rings is 1. The van der Waals surface area contributed by atoms with E-state index in [2.05, 4.69) is 21.9 Å². The molecule has 0 radical (unpaired) electrons. The average molecular weight is 444 g/mol. The molecule has 158 valence electrons. The number of carbonyl (C=O) groups is 1. The first-order valence-corrected chi connectivity index (χ1v) is 11.7. The molecule has 1 fully saturated rings. The van der Waals surface area contributed by atoms with Gasteiger partial charge in [0.05, 0.1) is 23.3 Å². The predicted molar refractivity (Wildman–Crippen MR) is 121 cm³/mol. The highest BCUT2D eigenvalue weighted by atomic mass is 32.2. The summed E-state index contributed by atoms with van der Waals surface area (Å²) in [7, 11) is 3.69. The van der Waals surface area contributed by atoms with Crippen LogP contribution in [0.1, 0.15) is 33.2 Å². The number of aliphatic hydroxyl groups is 1. The molecule has 8 heteroatoms. The number of Topliss-reactive ketones (excluding diaryl/α,β-unsaturated/α-hetero) is 1. The van der Waals surface area contributed by atoms with Crippen LogP contribution in [-0.2, 0) is 5.60 Å². The van der Waals surface area contributed by atoms with Crippen LogP contribution in [0.3, 0.4) is 0 Å². The van der Waals surface area contributed by atoms with Gasteiger partial charge in [-0.3, -0.25) is 4.79 Å². The molecule has 1 aliphatic rings. The summed E-state index contributed by atoms with van der Waals surface area (Å²) in [5.74, 6) is 1.74. The summed E-state index contributed by atoms with van der Waals surface area (Å²) in [5.41, 5.74) is -0.0123. The third-order valence-corrected chi connectivity index (χ3v) is 7.79. The smallest absolute Gasteiger partial charge is 0.183 e. The van der Waals surface area contributed by atoms with E-state index in [-0.39, 0.29) is 5.78 Å². The topological polar surface area (TPSA) is 75.6 Å². The van der Waals surface area contributed by atoms with Crippen LogP contribution in [0.15, 0.2) is 35.4 Å². The lowest BCUT2D eigenvalue weighted by Gasteiger charge is -2.35. The maximum Gasteiger partial charge on any atom is 0.183 e. The third kappa shape index (κ3) is 4.37. The van der Waals surface area contributed by atoms with Crippen LogP contribution in [0, 0.1) is 6.92 Å². The summed E-state index contributed by atoms with van der Waals surface area (Å²) in [6.45, 7) is 3.57. The lowest BCUT2D eigenvalue weighted by atomic mass is 9.90. The summed E-state index contributed by atoms with van der Waals surface area (Å²) < 4.78 is 5.28. The quantitative estimate of drug-likeness (QED) is 0.352. The molecule has 3 aromatic rings. The summed E-state index contributed by atoms with van der Waals surface area (Å²) in [6.07, 6.45) is 1.39. The number of carbonyl (C=O) groups excluding carboxylic acids is 1. The number of hydrogen-bond acceptors (Lipinski definition) is 8. The Morgan fingerprint density at radius 2 is 2.03 bits per heavy atom. The summed E-state index contributed by atoms with van der Waals surface area (Å²) in [4.78, 5) is 25.6. The number of aryl methyl sites for hydroxylation is 1. The van der Waals surface area contributed by atoms with E-state index in [1.54, 1.807) is 7.11 Å². The standard InChI is InChI=1S/C22H25N3O3S2/c1-14-23-17-12-15(28-3)4-5-16(17)21(24-14)29-13-18(26)19-6-7-20(30-19)22(27)8-10-25(2)11-9-22/h4-7,12,27H,8-11,13H2,1-3H3. The molecule has 1 aromatic carbocycles. The first kappa shape index (κ1) is 21.2. The van der Waals surface area contributed by atoms with Crippen molar-refractivity contribution in [3.63, 3.8) is 0 Å². The molecule has 1 aliphatic heterocycles. The molecular formula is C22H25N3O3S2. The second-order valence-corrected chi connectivity index (χ2v) is 9.72. The first-order valence-electron chi connectivity index (χ1n) is 9.87. The number of ketones is 1. The fourth-order valence-corrected chi connectivity index (χ4v) is 5.73. The van der Waals surface area contributed by atoms with Crippen LogP contribution in [0.4, 0.5) is 0 Å². The number of fused-ring (bicyclic) bond motifs is 1. The number of nitrogens with zero attached hydrogens (tertiary/aromatic N) is 3. The maximum atomic E-state index is 12.8. The number of ether oxygens (including phenoxy) is 1. The van der Waals surface area contributed by atoms with E-state index in [1.807, 2.05) is 37.3 Å². The molecule has 0 atom stereocenters. The lowest BCUT2D eigenvalue weighted by Crippen LogP contribution is -2.40. The van der Waals surface area contributed by atoms with Gasteiger partial charge in [0.1, 0.15) is 22.2 Å². The van der Waals surface area contributed by atoms with Crippen LogP contribution in [0.5, 0.6) is 5.75 Å². The molecule has 0 aliphatic carbocycles. The summed E-state index contributed by atoms with van der Waals surface area (Å²) >= 11 is 2.83. The van der Waals surface area contributed by atoms with Gasteiger partial charge in [0, 0.05) is 29.4 Å². The number of thiophene rings is 1. The molecule has 0 amide bonds. The van der Waals surface area contributed by atoms with E-state index in [9.17, 15) is 9.90 Å². The van der Waals surface area contributed by atoms with Crippen molar-refractivity contribution in [2.24, 2.45) is 0 Å². The van der Waals surface area contributed by atoms with Gasteiger partial charge in [-0.25, -0.2) is 9.97 Å². The minimum atomic E-state index is -0.818. The van der Waals surface area contributed by atoms with E-state index >= 15 is 0 Å². The molecule has 0 spiro atoms. The number of rotatable bonds is 6. The van der Waals surface area contributed by atoms with E-state index < -0.39 is 5.60 Å². The lowest BCUT2D eigenvalue weighted by molar-refractivity contribution is -0.0172. The van der Waals surface area contributed by atoms with Crippen molar-refractivity contribution in [2.45, 2.75) is 30.4 Å². The number of aromatic nitrogens is 2. The largest absolute Gasteiger partial charge is 0.497 e. The van der Waals surface area contributed by atoms with Crippen molar-refractivity contribution in [3.05, 3.63) is 45.9 Å². The summed E-state index contributed by atoms with van der Waals surface area (Å²) in [5, 5.41) is 12.7.